The standard InChI is InChI=1S/C9H6ClN5O3/c10-7-3-5(15(17)18)1-2-6(7)8(16)13-9-11-4-12-14-9/h1-4H,(H2,11,12,13,14,16). The lowest BCUT2D eigenvalue weighted by atomic mass is 10.2. The molecule has 92 valence electrons. The minimum atomic E-state index is -0.593. The van der Waals surface area contributed by atoms with E-state index in [0.717, 1.165) is 6.07 Å². The van der Waals surface area contributed by atoms with E-state index in [0.29, 0.717) is 0 Å². The van der Waals surface area contributed by atoms with E-state index in [1.807, 2.05) is 0 Å². The van der Waals surface area contributed by atoms with Crippen molar-refractivity contribution in [3.63, 3.8) is 0 Å². The molecule has 8 nitrogen and oxygen atoms in total. The number of anilines is 1. The highest BCUT2D eigenvalue weighted by Crippen LogP contribution is 2.22. The molecule has 0 atom stereocenters. The van der Waals surface area contributed by atoms with Crippen molar-refractivity contribution in [2.75, 3.05) is 5.32 Å². The molecule has 1 heterocycles. The van der Waals surface area contributed by atoms with Crippen molar-refractivity contribution in [3.8, 4) is 0 Å². The zero-order valence-electron chi connectivity index (χ0n) is 8.75. The average Bonchev–Trinajstić information content (AvgIpc) is 2.81. The van der Waals surface area contributed by atoms with Crippen LogP contribution in [0.2, 0.25) is 5.02 Å². The second kappa shape index (κ2) is 4.80. The van der Waals surface area contributed by atoms with Crippen LogP contribution in [0.3, 0.4) is 0 Å². The van der Waals surface area contributed by atoms with E-state index in [1.165, 1.54) is 18.5 Å². The molecular weight excluding hydrogens is 262 g/mol. The number of aromatic nitrogens is 3. The van der Waals surface area contributed by atoms with E-state index < -0.39 is 10.8 Å². The molecule has 0 aliphatic heterocycles. The van der Waals surface area contributed by atoms with Crippen molar-refractivity contribution >= 4 is 29.1 Å². The summed E-state index contributed by atoms with van der Waals surface area (Å²) < 4.78 is 0. The molecule has 0 aliphatic carbocycles. The molecule has 1 amide bonds. The monoisotopic (exact) mass is 267 g/mol. The van der Waals surface area contributed by atoms with Crippen LogP contribution in [0.15, 0.2) is 24.5 Å². The Morgan fingerprint density at radius 2 is 2.28 bits per heavy atom. The zero-order valence-corrected chi connectivity index (χ0v) is 9.51. The van der Waals surface area contributed by atoms with Gasteiger partial charge in [0.1, 0.15) is 6.33 Å². The van der Waals surface area contributed by atoms with Gasteiger partial charge in [-0.15, -0.1) is 0 Å². The Labute approximate surface area is 105 Å². The Hall–Kier alpha value is -2.48. The molecule has 2 aromatic rings. The number of nitro groups is 1. The molecule has 0 saturated carbocycles. The number of carbonyl (C=O) groups is 1. The van der Waals surface area contributed by atoms with E-state index in [2.05, 4.69) is 20.5 Å². The average molecular weight is 268 g/mol. The number of non-ortho nitro benzene ring substituents is 1. The fourth-order valence-corrected chi connectivity index (χ4v) is 1.50. The number of carbonyl (C=O) groups excluding carboxylic acids is 1. The number of hydrogen-bond donors (Lipinski definition) is 2. The number of nitrogens with one attached hydrogen (secondary N) is 2. The normalized spacial score (nSPS) is 10.1. The summed E-state index contributed by atoms with van der Waals surface area (Å²) in [7, 11) is 0. The van der Waals surface area contributed by atoms with Gasteiger partial charge in [-0.05, 0) is 6.07 Å². The summed E-state index contributed by atoms with van der Waals surface area (Å²) in [6.07, 6.45) is 1.23. The minimum Gasteiger partial charge on any atom is -0.291 e. The van der Waals surface area contributed by atoms with Gasteiger partial charge in [-0.2, -0.15) is 10.1 Å². The number of rotatable bonds is 3. The Kier molecular flexibility index (Phi) is 3.20. The maximum atomic E-state index is 11.8. The highest BCUT2D eigenvalue weighted by atomic mass is 35.5. The second-order valence-corrected chi connectivity index (χ2v) is 3.62. The number of H-pyrrole nitrogens is 1. The number of hydrogen-bond acceptors (Lipinski definition) is 5. The summed E-state index contributed by atoms with van der Waals surface area (Å²) in [5.41, 5.74) is -0.0742. The van der Waals surface area contributed by atoms with Gasteiger partial charge in [-0.1, -0.05) is 11.6 Å². The van der Waals surface area contributed by atoms with Crippen molar-refractivity contribution in [1.82, 2.24) is 15.2 Å². The van der Waals surface area contributed by atoms with E-state index in [1.54, 1.807) is 0 Å². The van der Waals surface area contributed by atoms with Crippen molar-refractivity contribution in [3.05, 3.63) is 45.2 Å². The summed E-state index contributed by atoms with van der Waals surface area (Å²) in [5.74, 6) is -0.374. The van der Waals surface area contributed by atoms with Gasteiger partial charge in [0, 0.05) is 12.1 Å². The van der Waals surface area contributed by atoms with Crippen LogP contribution in [0.5, 0.6) is 0 Å². The van der Waals surface area contributed by atoms with E-state index in [9.17, 15) is 14.9 Å². The van der Waals surface area contributed by atoms with E-state index in [4.69, 9.17) is 11.6 Å². The van der Waals surface area contributed by atoms with Crippen LogP contribution in [-0.4, -0.2) is 26.0 Å². The predicted octanol–water partition coefficient (Wildman–Crippen LogP) is 1.62. The minimum absolute atomic E-state index is 0.0128. The number of nitrogens with zero attached hydrogens (tertiary/aromatic N) is 3. The molecule has 0 radical (unpaired) electrons. The zero-order chi connectivity index (χ0) is 13.1. The number of benzene rings is 1. The third-order valence-electron chi connectivity index (χ3n) is 2.06. The van der Waals surface area contributed by atoms with Gasteiger partial charge in [-0.3, -0.25) is 20.2 Å². The van der Waals surface area contributed by atoms with E-state index >= 15 is 0 Å². The van der Waals surface area contributed by atoms with Crippen molar-refractivity contribution in [1.29, 1.82) is 0 Å². The summed E-state index contributed by atoms with van der Waals surface area (Å²) in [6, 6.07) is 3.57. The van der Waals surface area contributed by atoms with E-state index in [-0.39, 0.29) is 22.2 Å². The van der Waals surface area contributed by atoms with Crippen LogP contribution >= 0.6 is 11.6 Å². The fourth-order valence-electron chi connectivity index (χ4n) is 1.24. The van der Waals surface area contributed by atoms with Gasteiger partial charge in [-0.25, -0.2) is 5.10 Å². The molecule has 1 aromatic carbocycles. The molecule has 1 aromatic heterocycles. The quantitative estimate of drug-likeness (QED) is 0.648. The van der Waals surface area contributed by atoms with Crippen LogP contribution < -0.4 is 5.32 Å². The molecule has 2 N–H and O–H groups in total. The second-order valence-electron chi connectivity index (χ2n) is 3.21. The predicted molar refractivity (Wildman–Crippen MR) is 62.4 cm³/mol. The first kappa shape index (κ1) is 12.0. The molecule has 0 unspecified atom stereocenters. The molecule has 18 heavy (non-hydrogen) atoms. The van der Waals surface area contributed by atoms with Crippen LogP contribution in [0.1, 0.15) is 10.4 Å². The maximum Gasteiger partial charge on any atom is 0.270 e. The molecule has 0 bridgehead atoms. The topological polar surface area (TPSA) is 114 Å². The van der Waals surface area contributed by atoms with Crippen LogP contribution in [0.4, 0.5) is 11.6 Å². The summed E-state index contributed by atoms with van der Waals surface area (Å²) in [6.45, 7) is 0. The lowest BCUT2D eigenvalue weighted by Crippen LogP contribution is -2.13. The first-order chi connectivity index (χ1) is 8.58. The van der Waals surface area contributed by atoms with Crippen molar-refractivity contribution in [2.45, 2.75) is 0 Å². The molecular formula is C9H6ClN5O3. The highest BCUT2D eigenvalue weighted by molar-refractivity contribution is 6.34. The summed E-state index contributed by atoms with van der Waals surface area (Å²) >= 11 is 5.80. The first-order valence-electron chi connectivity index (χ1n) is 4.68. The SMILES string of the molecule is O=C(Nc1ncn[nH]1)c1ccc([N+](=O)[O-])cc1Cl. The first-order valence-corrected chi connectivity index (χ1v) is 5.06. The lowest BCUT2D eigenvalue weighted by molar-refractivity contribution is -0.384. The van der Waals surface area contributed by atoms with Crippen molar-refractivity contribution < 1.29 is 9.72 Å². The summed E-state index contributed by atoms with van der Waals surface area (Å²) in [5, 5.41) is 18.9. The van der Waals surface area contributed by atoms with Gasteiger partial charge in [0.25, 0.3) is 11.6 Å². The number of amides is 1. The highest BCUT2D eigenvalue weighted by Gasteiger charge is 2.15. The fraction of sp³-hybridized carbons (Fsp3) is 0. The molecule has 0 saturated heterocycles. The maximum absolute atomic E-state index is 11.8. The molecule has 0 spiro atoms. The third-order valence-corrected chi connectivity index (χ3v) is 2.37. The molecule has 0 fully saturated rings. The van der Waals surface area contributed by atoms with Gasteiger partial charge in [0.05, 0.1) is 15.5 Å². The van der Waals surface area contributed by atoms with Crippen LogP contribution in [-0.2, 0) is 0 Å². The Morgan fingerprint density at radius 3 is 2.83 bits per heavy atom. The van der Waals surface area contributed by atoms with Crippen LogP contribution in [0.25, 0.3) is 0 Å². The van der Waals surface area contributed by atoms with Gasteiger partial charge >= 0.3 is 0 Å². The number of aromatic amines is 1. The molecule has 0 aliphatic rings. The molecule has 2 rings (SSSR count). The Bertz CT molecular complexity index is 598. The number of halogens is 1. The van der Waals surface area contributed by atoms with Gasteiger partial charge < -0.3 is 0 Å². The van der Waals surface area contributed by atoms with Gasteiger partial charge in [0.15, 0.2) is 0 Å². The molecule has 9 heteroatoms. The van der Waals surface area contributed by atoms with Gasteiger partial charge in [0.2, 0.25) is 5.95 Å². The Balaban J connectivity index is 2.23. The smallest absolute Gasteiger partial charge is 0.270 e. The largest absolute Gasteiger partial charge is 0.291 e. The third kappa shape index (κ3) is 2.43. The Morgan fingerprint density at radius 1 is 1.50 bits per heavy atom. The summed E-state index contributed by atoms with van der Waals surface area (Å²) in [4.78, 5) is 25.4. The van der Waals surface area contributed by atoms with Crippen LogP contribution in [0, 0.1) is 10.1 Å². The lowest BCUT2D eigenvalue weighted by Gasteiger charge is -2.03. The number of nitro benzene ring substituents is 1. The van der Waals surface area contributed by atoms with Crippen molar-refractivity contribution in [2.24, 2.45) is 0 Å².